The third-order valence-corrected chi connectivity index (χ3v) is 3.74. The van der Waals surface area contributed by atoms with Crippen LogP contribution in [-0.4, -0.2) is 10.7 Å². The molecule has 0 aliphatic heterocycles. The molecule has 0 aromatic carbocycles. The molecule has 15 heavy (non-hydrogen) atoms. The number of rotatable bonds is 5. The largest absolute Gasteiger partial charge is 0.385 e. The predicted octanol–water partition coefficient (Wildman–Crippen LogP) is 3.84. The quantitative estimate of drug-likeness (QED) is 0.537. The van der Waals surface area contributed by atoms with Gasteiger partial charge < -0.3 is 5.11 Å². The van der Waals surface area contributed by atoms with Gasteiger partial charge >= 0.3 is 0 Å². The molecule has 1 fully saturated rings. The minimum Gasteiger partial charge on any atom is -0.385 e. The second-order valence-electron chi connectivity index (χ2n) is 4.87. The van der Waals surface area contributed by atoms with Crippen LogP contribution in [-0.2, 0) is 0 Å². The molecule has 2 atom stereocenters. The molecule has 0 spiro atoms. The fourth-order valence-corrected chi connectivity index (χ4v) is 2.68. The smallest absolute Gasteiger partial charge is 0.0879 e. The topological polar surface area (TPSA) is 20.2 Å². The van der Waals surface area contributed by atoms with Crippen LogP contribution in [0.25, 0.3) is 0 Å². The first-order valence-electron chi connectivity index (χ1n) is 6.10. The molecule has 0 radical (unpaired) electrons. The molecule has 1 N–H and O–H groups in total. The van der Waals surface area contributed by atoms with E-state index in [1.54, 1.807) is 0 Å². The Hall–Kier alpha value is -0.560. The Morgan fingerprint density at radius 2 is 2.27 bits per heavy atom. The molecular weight excluding hydrogens is 184 g/mol. The molecule has 0 heterocycles. The molecule has 1 aliphatic rings. The first-order valence-corrected chi connectivity index (χ1v) is 6.10. The third kappa shape index (κ3) is 2.94. The Morgan fingerprint density at radius 1 is 1.53 bits per heavy atom. The summed E-state index contributed by atoms with van der Waals surface area (Å²) >= 11 is 0. The van der Waals surface area contributed by atoms with E-state index in [9.17, 15) is 5.11 Å². The highest BCUT2D eigenvalue weighted by Gasteiger charge is 2.38. The molecule has 0 unspecified atom stereocenters. The summed E-state index contributed by atoms with van der Waals surface area (Å²) in [5.41, 5.74) is 0.366. The standard InChI is InChI=1S/C14H24O/c1-4-5-6-9-13-10-7-8-11-14(13,15)12(2)3/h4,13,15H,1-2,5-11H2,3H3/t13-,14-/m0/s1. The Balaban J connectivity index is 2.57. The van der Waals surface area contributed by atoms with Gasteiger partial charge in [0.1, 0.15) is 0 Å². The van der Waals surface area contributed by atoms with Crippen molar-refractivity contribution in [3.05, 3.63) is 24.8 Å². The zero-order valence-electron chi connectivity index (χ0n) is 9.97. The molecule has 86 valence electrons. The molecule has 1 heteroatoms. The molecule has 0 saturated heterocycles. The van der Waals surface area contributed by atoms with Gasteiger partial charge in [0.2, 0.25) is 0 Å². The zero-order chi connectivity index (χ0) is 11.3. The van der Waals surface area contributed by atoms with Crippen LogP contribution in [0, 0.1) is 5.92 Å². The monoisotopic (exact) mass is 208 g/mol. The second kappa shape index (κ2) is 5.50. The minimum absolute atomic E-state index is 0.420. The van der Waals surface area contributed by atoms with Crippen molar-refractivity contribution in [1.82, 2.24) is 0 Å². The minimum atomic E-state index is -0.584. The summed E-state index contributed by atoms with van der Waals surface area (Å²) in [6.45, 7) is 9.66. The van der Waals surface area contributed by atoms with Crippen LogP contribution in [0.4, 0.5) is 0 Å². The van der Waals surface area contributed by atoms with E-state index in [0.717, 1.165) is 44.1 Å². The van der Waals surface area contributed by atoms with Gasteiger partial charge in [0.25, 0.3) is 0 Å². The van der Waals surface area contributed by atoms with E-state index in [4.69, 9.17) is 0 Å². The van der Waals surface area contributed by atoms with Crippen molar-refractivity contribution >= 4 is 0 Å². The van der Waals surface area contributed by atoms with E-state index in [-0.39, 0.29) is 0 Å². The Morgan fingerprint density at radius 3 is 2.87 bits per heavy atom. The summed E-state index contributed by atoms with van der Waals surface area (Å²) in [5.74, 6) is 0.420. The molecule has 0 bridgehead atoms. The lowest BCUT2D eigenvalue weighted by molar-refractivity contribution is -0.0190. The second-order valence-corrected chi connectivity index (χ2v) is 4.87. The van der Waals surface area contributed by atoms with Gasteiger partial charge in [0, 0.05) is 0 Å². The van der Waals surface area contributed by atoms with Gasteiger partial charge in [-0.25, -0.2) is 0 Å². The maximum Gasteiger partial charge on any atom is 0.0879 e. The summed E-state index contributed by atoms with van der Waals surface area (Å²) in [7, 11) is 0. The Labute approximate surface area is 93.9 Å². The normalized spacial score (nSPS) is 31.2. The van der Waals surface area contributed by atoms with Crippen LogP contribution in [0.3, 0.4) is 0 Å². The lowest BCUT2D eigenvalue weighted by atomic mass is 9.70. The van der Waals surface area contributed by atoms with E-state index in [1.807, 2.05) is 13.0 Å². The van der Waals surface area contributed by atoms with E-state index in [2.05, 4.69) is 13.2 Å². The highest BCUT2D eigenvalue weighted by atomic mass is 16.3. The average molecular weight is 208 g/mol. The van der Waals surface area contributed by atoms with Crippen molar-refractivity contribution < 1.29 is 5.11 Å². The van der Waals surface area contributed by atoms with Gasteiger partial charge in [-0.2, -0.15) is 0 Å². The van der Waals surface area contributed by atoms with Crippen LogP contribution in [0.2, 0.25) is 0 Å². The van der Waals surface area contributed by atoms with Crippen LogP contribution < -0.4 is 0 Å². The van der Waals surface area contributed by atoms with Gasteiger partial charge in [0.05, 0.1) is 5.60 Å². The van der Waals surface area contributed by atoms with Crippen LogP contribution in [0.5, 0.6) is 0 Å². The Kier molecular flexibility index (Phi) is 4.59. The maximum atomic E-state index is 10.6. The molecule has 0 aromatic rings. The molecule has 1 rings (SSSR count). The van der Waals surface area contributed by atoms with Gasteiger partial charge in [-0.1, -0.05) is 25.5 Å². The zero-order valence-corrected chi connectivity index (χ0v) is 9.97. The SMILES string of the molecule is C=CCCC[C@H]1CCCC[C@]1(O)C(=C)C. The molecule has 0 aromatic heterocycles. The fraction of sp³-hybridized carbons (Fsp3) is 0.714. The predicted molar refractivity (Wildman–Crippen MR) is 65.8 cm³/mol. The first kappa shape index (κ1) is 12.5. The van der Waals surface area contributed by atoms with E-state index in [0.29, 0.717) is 5.92 Å². The molecule has 1 aliphatic carbocycles. The van der Waals surface area contributed by atoms with Crippen molar-refractivity contribution in [3.63, 3.8) is 0 Å². The summed E-state index contributed by atoms with van der Waals surface area (Å²) in [6.07, 6.45) is 9.72. The summed E-state index contributed by atoms with van der Waals surface area (Å²) < 4.78 is 0. The van der Waals surface area contributed by atoms with Crippen molar-refractivity contribution in [1.29, 1.82) is 0 Å². The van der Waals surface area contributed by atoms with Gasteiger partial charge in [-0.05, 0) is 50.5 Å². The van der Waals surface area contributed by atoms with E-state index >= 15 is 0 Å². The number of hydrogen-bond acceptors (Lipinski definition) is 1. The highest BCUT2D eigenvalue weighted by molar-refractivity contribution is 5.13. The molecular formula is C14H24O. The average Bonchev–Trinajstić information content (AvgIpc) is 2.21. The van der Waals surface area contributed by atoms with Gasteiger partial charge in [-0.3, -0.25) is 0 Å². The number of hydrogen-bond donors (Lipinski definition) is 1. The lowest BCUT2D eigenvalue weighted by Crippen LogP contribution is -2.41. The maximum absolute atomic E-state index is 10.6. The highest BCUT2D eigenvalue weighted by Crippen LogP contribution is 2.40. The van der Waals surface area contributed by atoms with Crippen molar-refractivity contribution in [3.8, 4) is 0 Å². The molecule has 1 saturated carbocycles. The van der Waals surface area contributed by atoms with Crippen molar-refractivity contribution in [2.24, 2.45) is 5.92 Å². The number of unbranched alkanes of at least 4 members (excludes halogenated alkanes) is 1. The number of aliphatic hydroxyl groups is 1. The summed E-state index contributed by atoms with van der Waals surface area (Å²) in [4.78, 5) is 0. The summed E-state index contributed by atoms with van der Waals surface area (Å²) in [6, 6.07) is 0. The van der Waals surface area contributed by atoms with E-state index < -0.39 is 5.60 Å². The lowest BCUT2D eigenvalue weighted by Gasteiger charge is -2.41. The third-order valence-electron chi connectivity index (χ3n) is 3.74. The van der Waals surface area contributed by atoms with Gasteiger partial charge in [0.15, 0.2) is 0 Å². The van der Waals surface area contributed by atoms with Crippen molar-refractivity contribution in [2.75, 3.05) is 0 Å². The number of allylic oxidation sites excluding steroid dienone is 1. The molecule has 1 nitrogen and oxygen atoms in total. The fourth-order valence-electron chi connectivity index (χ4n) is 2.68. The Bertz CT molecular complexity index is 231. The molecule has 0 amide bonds. The van der Waals surface area contributed by atoms with E-state index in [1.165, 1.54) is 6.42 Å². The van der Waals surface area contributed by atoms with Crippen LogP contribution in [0.1, 0.15) is 51.9 Å². The van der Waals surface area contributed by atoms with Crippen LogP contribution >= 0.6 is 0 Å². The van der Waals surface area contributed by atoms with Gasteiger partial charge in [-0.15, -0.1) is 6.58 Å². The van der Waals surface area contributed by atoms with Crippen LogP contribution in [0.15, 0.2) is 24.8 Å². The van der Waals surface area contributed by atoms with Crippen molar-refractivity contribution in [2.45, 2.75) is 57.5 Å². The summed E-state index contributed by atoms with van der Waals surface area (Å²) in [5, 5.41) is 10.6. The first-order chi connectivity index (χ1) is 7.11.